The van der Waals surface area contributed by atoms with Crippen LogP contribution in [-0.2, 0) is 11.8 Å². The molecular formula is C12H11F2N3O2. The highest BCUT2D eigenvalue weighted by Gasteiger charge is 2.17. The normalized spacial score (nSPS) is 10.5. The molecule has 1 heterocycles. The average molecular weight is 267 g/mol. The molecule has 5 nitrogen and oxygen atoms in total. The third kappa shape index (κ3) is 2.59. The van der Waals surface area contributed by atoms with Crippen LogP contribution in [0.4, 0.5) is 8.78 Å². The van der Waals surface area contributed by atoms with Crippen LogP contribution in [0.15, 0.2) is 18.2 Å². The number of benzene rings is 1. The Hall–Kier alpha value is -2.31. The van der Waals surface area contributed by atoms with Crippen LogP contribution in [-0.4, -0.2) is 27.3 Å². The third-order valence-corrected chi connectivity index (χ3v) is 2.40. The molecule has 0 saturated heterocycles. The number of hydrogen-bond acceptors (Lipinski definition) is 4. The van der Waals surface area contributed by atoms with E-state index in [1.807, 2.05) is 0 Å². The number of hydrogen-bond donors (Lipinski definition) is 0. The van der Waals surface area contributed by atoms with Crippen LogP contribution in [0.1, 0.15) is 17.5 Å². The maximum absolute atomic E-state index is 13.2. The second-order valence-electron chi connectivity index (χ2n) is 3.73. The molecule has 0 bridgehead atoms. The highest BCUT2D eigenvalue weighted by Crippen LogP contribution is 2.19. The number of ether oxygens (including phenoxy) is 1. The Kier molecular flexibility index (Phi) is 3.55. The second-order valence-corrected chi connectivity index (χ2v) is 3.73. The van der Waals surface area contributed by atoms with E-state index in [1.54, 1.807) is 14.0 Å². The number of rotatable bonds is 3. The van der Waals surface area contributed by atoms with E-state index < -0.39 is 17.6 Å². The third-order valence-electron chi connectivity index (χ3n) is 2.40. The van der Waals surface area contributed by atoms with Gasteiger partial charge in [0.2, 0.25) is 0 Å². The van der Waals surface area contributed by atoms with Crippen molar-refractivity contribution >= 4 is 5.97 Å². The van der Waals surface area contributed by atoms with Gasteiger partial charge in [0.1, 0.15) is 0 Å². The van der Waals surface area contributed by atoms with E-state index in [2.05, 4.69) is 10.1 Å². The van der Waals surface area contributed by atoms with Gasteiger partial charge in [0.15, 0.2) is 17.5 Å². The minimum atomic E-state index is -0.988. The molecule has 0 aliphatic carbocycles. The summed E-state index contributed by atoms with van der Waals surface area (Å²) in [5, 5.41) is 3.87. The average Bonchev–Trinajstić information content (AvgIpc) is 2.75. The number of esters is 1. The summed E-state index contributed by atoms with van der Waals surface area (Å²) in [5.74, 6) is -2.47. The molecule has 7 heteroatoms. The lowest BCUT2D eigenvalue weighted by Crippen LogP contribution is -2.07. The van der Waals surface area contributed by atoms with E-state index in [-0.39, 0.29) is 18.3 Å². The predicted molar refractivity (Wildman–Crippen MR) is 62.3 cm³/mol. The monoisotopic (exact) mass is 267 g/mol. The largest absolute Gasteiger partial charge is 0.460 e. The summed E-state index contributed by atoms with van der Waals surface area (Å²) < 4.78 is 32.1. The Morgan fingerprint density at radius 2 is 2.11 bits per heavy atom. The molecule has 0 aliphatic rings. The smallest absolute Gasteiger partial charge is 0.378 e. The van der Waals surface area contributed by atoms with Crippen molar-refractivity contribution in [3.63, 3.8) is 0 Å². The van der Waals surface area contributed by atoms with E-state index in [0.29, 0.717) is 5.56 Å². The van der Waals surface area contributed by atoms with E-state index in [1.165, 1.54) is 10.7 Å². The quantitative estimate of drug-likeness (QED) is 0.797. The van der Waals surface area contributed by atoms with Gasteiger partial charge in [-0.3, -0.25) is 0 Å². The Balaban J connectivity index is 2.40. The van der Waals surface area contributed by atoms with Crippen molar-refractivity contribution in [2.45, 2.75) is 6.92 Å². The van der Waals surface area contributed by atoms with Gasteiger partial charge in [-0.05, 0) is 25.1 Å². The van der Waals surface area contributed by atoms with Crippen LogP contribution >= 0.6 is 0 Å². The molecule has 2 aromatic rings. The molecule has 0 amide bonds. The fourth-order valence-electron chi connectivity index (χ4n) is 1.55. The lowest BCUT2D eigenvalue weighted by atomic mass is 10.2. The van der Waals surface area contributed by atoms with Crippen LogP contribution in [0.3, 0.4) is 0 Å². The molecule has 0 spiro atoms. The maximum Gasteiger partial charge on any atom is 0.378 e. The lowest BCUT2D eigenvalue weighted by Gasteiger charge is -2.00. The van der Waals surface area contributed by atoms with Crippen LogP contribution in [0.25, 0.3) is 11.4 Å². The van der Waals surface area contributed by atoms with Crippen LogP contribution in [0.2, 0.25) is 0 Å². The SMILES string of the molecule is CCOC(=O)c1nc(-c2ccc(F)c(F)c2)n(C)n1. The van der Waals surface area contributed by atoms with Crippen molar-refractivity contribution < 1.29 is 18.3 Å². The van der Waals surface area contributed by atoms with E-state index in [0.717, 1.165) is 12.1 Å². The van der Waals surface area contributed by atoms with Crippen molar-refractivity contribution in [1.82, 2.24) is 14.8 Å². The topological polar surface area (TPSA) is 57.0 Å². The van der Waals surface area contributed by atoms with Gasteiger partial charge >= 0.3 is 5.97 Å². The van der Waals surface area contributed by atoms with Gasteiger partial charge in [0, 0.05) is 12.6 Å². The molecule has 0 aliphatic heterocycles. The summed E-state index contributed by atoms with van der Waals surface area (Å²) >= 11 is 0. The molecule has 1 aromatic carbocycles. The highest BCUT2D eigenvalue weighted by atomic mass is 19.2. The molecule has 0 atom stereocenters. The van der Waals surface area contributed by atoms with Crippen molar-refractivity contribution in [2.75, 3.05) is 6.61 Å². The lowest BCUT2D eigenvalue weighted by molar-refractivity contribution is 0.0512. The minimum absolute atomic E-state index is 0.121. The summed E-state index contributed by atoms with van der Waals surface area (Å²) in [4.78, 5) is 15.4. The van der Waals surface area contributed by atoms with Crippen molar-refractivity contribution in [1.29, 1.82) is 0 Å². The van der Waals surface area contributed by atoms with Gasteiger partial charge in [0.05, 0.1) is 6.61 Å². The van der Waals surface area contributed by atoms with Crippen molar-refractivity contribution in [3.8, 4) is 11.4 Å². The first-order valence-corrected chi connectivity index (χ1v) is 5.56. The van der Waals surface area contributed by atoms with Crippen molar-refractivity contribution in [3.05, 3.63) is 35.7 Å². The summed E-state index contributed by atoms with van der Waals surface area (Å²) in [7, 11) is 1.55. The Morgan fingerprint density at radius 3 is 2.74 bits per heavy atom. The van der Waals surface area contributed by atoms with Crippen LogP contribution in [0, 0.1) is 11.6 Å². The molecule has 100 valence electrons. The maximum atomic E-state index is 13.2. The van der Waals surface area contributed by atoms with E-state index in [9.17, 15) is 13.6 Å². The molecule has 0 saturated carbocycles. The molecular weight excluding hydrogens is 256 g/mol. The fraction of sp³-hybridized carbons (Fsp3) is 0.250. The number of aromatic nitrogens is 3. The summed E-state index contributed by atoms with van der Waals surface area (Å²) in [5.41, 5.74) is 0.324. The summed E-state index contributed by atoms with van der Waals surface area (Å²) in [6, 6.07) is 3.34. The van der Waals surface area contributed by atoms with Gasteiger partial charge in [-0.1, -0.05) is 0 Å². The fourth-order valence-corrected chi connectivity index (χ4v) is 1.55. The molecule has 19 heavy (non-hydrogen) atoms. The zero-order valence-electron chi connectivity index (χ0n) is 10.4. The number of carbonyl (C=O) groups is 1. The second kappa shape index (κ2) is 5.13. The number of halogens is 2. The van der Waals surface area contributed by atoms with Gasteiger partial charge < -0.3 is 4.74 Å². The Labute approximate surface area is 107 Å². The van der Waals surface area contributed by atoms with Gasteiger partial charge in [-0.15, -0.1) is 5.10 Å². The van der Waals surface area contributed by atoms with Gasteiger partial charge in [0.25, 0.3) is 5.82 Å². The first kappa shape index (κ1) is 13.1. The van der Waals surface area contributed by atoms with E-state index in [4.69, 9.17) is 4.74 Å². The number of aryl methyl sites for hydroxylation is 1. The van der Waals surface area contributed by atoms with E-state index >= 15 is 0 Å². The standard InChI is InChI=1S/C12H11F2N3O2/c1-3-19-12(18)10-15-11(17(2)16-10)7-4-5-8(13)9(14)6-7/h4-6H,3H2,1-2H3. The van der Waals surface area contributed by atoms with Gasteiger partial charge in [-0.25, -0.2) is 23.2 Å². The zero-order valence-corrected chi connectivity index (χ0v) is 10.4. The van der Waals surface area contributed by atoms with Crippen LogP contribution < -0.4 is 0 Å². The Morgan fingerprint density at radius 1 is 1.37 bits per heavy atom. The molecule has 0 fully saturated rings. The zero-order chi connectivity index (χ0) is 14.0. The molecule has 2 rings (SSSR count). The highest BCUT2D eigenvalue weighted by molar-refractivity contribution is 5.85. The number of nitrogens with zero attached hydrogens (tertiary/aromatic N) is 3. The predicted octanol–water partition coefficient (Wildman–Crippen LogP) is 1.94. The van der Waals surface area contributed by atoms with Crippen molar-refractivity contribution in [2.24, 2.45) is 7.05 Å². The van der Waals surface area contributed by atoms with Crippen LogP contribution in [0.5, 0.6) is 0 Å². The first-order chi connectivity index (χ1) is 9.02. The molecule has 0 unspecified atom stereocenters. The minimum Gasteiger partial charge on any atom is -0.460 e. The first-order valence-electron chi connectivity index (χ1n) is 5.56. The molecule has 0 radical (unpaired) electrons. The summed E-state index contributed by atoms with van der Waals surface area (Å²) in [6.07, 6.45) is 0. The Bertz CT molecular complexity index is 625. The number of carbonyl (C=O) groups excluding carboxylic acids is 1. The van der Waals surface area contributed by atoms with Gasteiger partial charge in [-0.2, -0.15) is 0 Å². The molecule has 1 aromatic heterocycles. The molecule has 0 N–H and O–H groups in total. The summed E-state index contributed by atoms with van der Waals surface area (Å²) in [6.45, 7) is 1.87.